The molecule has 28 heavy (non-hydrogen) atoms. The van der Waals surface area contributed by atoms with Crippen LogP contribution in [0.25, 0.3) is 0 Å². The minimum Gasteiger partial charge on any atom is -0.456 e. The molecular weight excluding hydrogens is 356 g/mol. The molecule has 7 atom stereocenters. The van der Waals surface area contributed by atoms with Gasteiger partial charge in [-0.25, -0.2) is 4.79 Å². The number of hydrogen-bond acceptors (Lipinski definition) is 5. The summed E-state index contributed by atoms with van der Waals surface area (Å²) in [7, 11) is 0. The fraction of sp³-hybridized carbons (Fsp3) is 0.652. The summed E-state index contributed by atoms with van der Waals surface area (Å²) in [5.41, 5.74) is 1.20. The highest BCUT2D eigenvalue weighted by Crippen LogP contribution is 2.33. The molecule has 0 aliphatic carbocycles. The molecule has 0 aromatic rings. The summed E-state index contributed by atoms with van der Waals surface area (Å²) in [5.74, 6) is 0.0736. The van der Waals surface area contributed by atoms with Crippen molar-refractivity contribution in [2.75, 3.05) is 0 Å². The molecule has 0 aromatic carbocycles. The van der Waals surface area contributed by atoms with Crippen molar-refractivity contribution in [3.63, 3.8) is 0 Å². The lowest BCUT2D eigenvalue weighted by Gasteiger charge is -2.28. The van der Waals surface area contributed by atoms with E-state index in [-0.39, 0.29) is 24.4 Å². The van der Waals surface area contributed by atoms with Gasteiger partial charge in [0.15, 0.2) is 0 Å². The number of cyclic esters (lactones) is 1. The van der Waals surface area contributed by atoms with E-state index in [4.69, 9.17) is 14.2 Å². The van der Waals surface area contributed by atoms with Crippen molar-refractivity contribution < 1.29 is 24.1 Å². The standard InChI is InChI=1S/C23H33O5/c1-15-10-11-20-22(27-20)14-21(17(3)24)28-23(25)9-5-7-18-6-4-8-19(26-18)13-16(2)12-15/h4-6,9,11,16-22,24H,1,7-8,10,12-14H2,2-3H3/b9-5-/t16-,17-,18-,19-,20-,21?,22-/m0/s1. The van der Waals surface area contributed by atoms with E-state index in [1.165, 1.54) is 11.6 Å². The Morgan fingerprint density at radius 2 is 2.04 bits per heavy atom. The molecule has 1 unspecified atom stereocenters. The summed E-state index contributed by atoms with van der Waals surface area (Å²) in [5, 5.41) is 9.97. The first-order valence-electron chi connectivity index (χ1n) is 10.4. The molecule has 1 fully saturated rings. The van der Waals surface area contributed by atoms with Gasteiger partial charge in [-0.3, -0.25) is 0 Å². The topological polar surface area (TPSA) is 68.3 Å². The van der Waals surface area contributed by atoms with Gasteiger partial charge in [0, 0.05) is 12.5 Å². The number of carbonyl (C=O) groups is 1. The minimum absolute atomic E-state index is 0.00150. The van der Waals surface area contributed by atoms with Crippen molar-refractivity contribution in [2.24, 2.45) is 5.92 Å². The second-order valence-corrected chi connectivity index (χ2v) is 8.42. The van der Waals surface area contributed by atoms with Crippen LogP contribution < -0.4 is 0 Å². The summed E-state index contributed by atoms with van der Waals surface area (Å²) in [6.45, 7) is 8.11. The van der Waals surface area contributed by atoms with Crippen LogP contribution in [0.2, 0.25) is 0 Å². The van der Waals surface area contributed by atoms with Crippen LogP contribution >= 0.6 is 0 Å². The van der Waals surface area contributed by atoms with E-state index in [9.17, 15) is 9.90 Å². The first-order chi connectivity index (χ1) is 13.4. The normalized spacial score (nSPS) is 39.8. The van der Waals surface area contributed by atoms with Crippen LogP contribution in [0.3, 0.4) is 0 Å². The van der Waals surface area contributed by atoms with E-state index in [0.29, 0.717) is 18.8 Å². The summed E-state index contributed by atoms with van der Waals surface area (Å²) in [6.07, 6.45) is 13.4. The van der Waals surface area contributed by atoms with E-state index in [2.05, 4.69) is 32.1 Å². The van der Waals surface area contributed by atoms with E-state index in [1.807, 2.05) is 0 Å². The van der Waals surface area contributed by atoms with E-state index in [1.54, 1.807) is 13.0 Å². The average Bonchev–Trinajstić information content (AvgIpc) is 3.37. The highest BCUT2D eigenvalue weighted by Gasteiger charge is 2.41. The fourth-order valence-electron chi connectivity index (χ4n) is 4.02. The van der Waals surface area contributed by atoms with Crippen LogP contribution in [0.1, 0.15) is 52.4 Å². The molecule has 3 rings (SSSR count). The van der Waals surface area contributed by atoms with Gasteiger partial charge in [0.1, 0.15) is 6.10 Å². The molecule has 1 radical (unpaired) electrons. The van der Waals surface area contributed by atoms with E-state index < -0.39 is 18.2 Å². The number of epoxide rings is 1. The molecule has 0 aromatic heterocycles. The Hall–Kier alpha value is -1.43. The monoisotopic (exact) mass is 389 g/mol. The number of allylic oxidation sites excluding steroid dienone is 1. The molecular formula is C23H33O5. The van der Waals surface area contributed by atoms with Crippen LogP contribution in [0.15, 0.2) is 36.5 Å². The Labute approximate surface area is 168 Å². The molecule has 5 heteroatoms. The molecule has 1 saturated heterocycles. The highest BCUT2D eigenvalue weighted by molar-refractivity contribution is 5.82. The van der Waals surface area contributed by atoms with Gasteiger partial charge in [-0.2, -0.15) is 0 Å². The zero-order valence-corrected chi connectivity index (χ0v) is 17.0. The SMILES string of the molecule is C=C1C[CH][C@@H]2O[C@H]2CC([C@H](C)O)OC(=O)/C=C\C[C@@H]2C=CC[C@@H](C[C@@H](C)C1)O2. The van der Waals surface area contributed by atoms with Gasteiger partial charge in [0.2, 0.25) is 0 Å². The number of fused-ring (bicyclic) bond motifs is 3. The number of ether oxygens (including phenoxy) is 3. The second-order valence-electron chi connectivity index (χ2n) is 8.42. The maximum atomic E-state index is 12.1. The van der Waals surface area contributed by atoms with Crippen LogP contribution in [-0.4, -0.2) is 47.7 Å². The summed E-state index contributed by atoms with van der Waals surface area (Å²) < 4.78 is 17.3. The predicted molar refractivity (Wildman–Crippen MR) is 107 cm³/mol. The van der Waals surface area contributed by atoms with Gasteiger partial charge in [0.05, 0.1) is 30.5 Å². The van der Waals surface area contributed by atoms with E-state index >= 15 is 0 Å². The van der Waals surface area contributed by atoms with Gasteiger partial charge in [-0.05, 0) is 51.4 Å². The van der Waals surface area contributed by atoms with Crippen LogP contribution in [0.5, 0.6) is 0 Å². The van der Waals surface area contributed by atoms with Gasteiger partial charge >= 0.3 is 5.97 Å². The molecule has 0 saturated carbocycles. The van der Waals surface area contributed by atoms with Crippen molar-refractivity contribution >= 4 is 5.97 Å². The Morgan fingerprint density at radius 1 is 1.21 bits per heavy atom. The Bertz CT molecular complexity index is 608. The molecule has 155 valence electrons. The number of aliphatic hydroxyl groups excluding tert-OH is 1. The Kier molecular flexibility index (Phi) is 7.49. The van der Waals surface area contributed by atoms with Crippen molar-refractivity contribution in [3.8, 4) is 0 Å². The first-order valence-corrected chi connectivity index (χ1v) is 10.4. The third-order valence-electron chi connectivity index (χ3n) is 5.57. The Morgan fingerprint density at radius 3 is 2.82 bits per heavy atom. The number of carbonyl (C=O) groups excluding carboxylic acids is 1. The van der Waals surface area contributed by atoms with Crippen LogP contribution in [0, 0.1) is 12.3 Å². The third kappa shape index (κ3) is 6.57. The molecule has 2 bridgehead atoms. The molecule has 0 amide bonds. The number of hydrogen-bond donors (Lipinski definition) is 1. The quantitative estimate of drug-likeness (QED) is 0.421. The maximum Gasteiger partial charge on any atom is 0.330 e. The number of esters is 1. The van der Waals surface area contributed by atoms with Crippen molar-refractivity contribution in [1.82, 2.24) is 0 Å². The largest absolute Gasteiger partial charge is 0.456 e. The van der Waals surface area contributed by atoms with Crippen molar-refractivity contribution in [3.05, 3.63) is 42.9 Å². The number of aliphatic hydroxyl groups is 1. The van der Waals surface area contributed by atoms with Gasteiger partial charge in [0.25, 0.3) is 0 Å². The highest BCUT2D eigenvalue weighted by atomic mass is 16.6. The number of rotatable bonds is 1. The van der Waals surface area contributed by atoms with Crippen molar-refractivity contribution in [1.29, 1.82) is 0 Å². The zero-order chi connectivity index (χ0) is 20.1. The smallest absolute Gasteiger partial charge is 0.330 e. The lowest BCUT2D eigenvalue weighted by atomic mass is 9.91. The zero-order valence-electron chi connectivity index (χ0n) is 17.0. The fourth-order valence-corrected chi connectivity index (χ4v) is 4.02. The van der Waals surface area contributed by atoms with Gasteiger partial charge in [-0.15, -0.1) is 0 Å². The lowest BCUT2D eigenvalue weighted by Crippen LogP contribution is -2.30. The van der Waals surface area contributed by atoms with Crippen LogP contribution in [0.4, 0.5) is 0 Å². The first kappa shape index (κ1) is 21.3. The van der Waals surface area contributed by atoms with Gasteiger partial charge < -0.3 is 19.3 Å². The molecule has 3 aliphatic rings. The van der Waals surface area contributed by atoms with E-state index in [0.717, 1.165) is 25.7 Å². The Balaban J connectivity index is 1.65. The molecule has 3 aliphatic heterocycles. The second kappa shape index (κ2) is 9.86. The minimum atomic E-state index is -0.742. The molecule has 5 nitrogen and oxygen atoms in total. The molecule has 0 spiro atoms. The van der Waals surface area contributed by atoms with Crippen molar-refractivity contribution in [2.45, 2.75) is 89.0 Å². The predicted octanol–water partition coefficient (Wildman–Crippen LogP) is 3.68. The summed E-state index contributed by atoms with van der Waals surface area (Å²) in [6, 6.07) is 0. The molecule has 3 heterocycles. The summed E-state index contributed by atoms with van der Waals surface area (Å²) in [4.78, 5) is 12.1. The molecule has 1 N–H and O–H groups in total. The van der Waals surface area contributed by atoms with Gasteiger partial charge in [-0.1, -0.05) is 37.3 Å². The summed E-state index contributed by atoms with van der Waals surface area (Å²) >= 11 is 0. The third-order valence-corrected chi connectivity index (χ3v) is 5.57. The maximum absolute atomic E-state index is 12.1. The van der Waals surface area contributed by atoms with Crippen LogP contribution in [-0.2, 0) is 19.0 Å². The lowest BCUT2D eigenvalue weighted by molar-refractivity contribution is -0.149. The average molecular weight is 390 g/mol.